The van der Waals surface area contributed by atoms with Crippen molar-refractivity contribution in [2.75, 3.05) is 14.2 Å². The van der Waals surface area contributed by atoms with Crippen LogP contribution in [-0.2, 0) is 6.42 Å². The van der Waals surface area contributed by atoms with Gasteiger partial charge in [0.15, 0.2) is 0 Å². The molecule has 1 heterocycles. The molecule has 2 rings (SSSR count). The lowest BCUT2D eigenvalue weighted by atomic mass is 10.0. The van der Waals surface area contributed by atoms with Gasteiger partial charge in [-0.2, -0.15) is 0 Å². The quantitative estimate of drug-likeness (QED) is 0.826. The average molecular weight is 231 g/mol. The van der Waals surface area contributed by atoms with Gasteiger partial charge in [0.1, 0.15) is 11.6 Å². The Kier molecular flexibility index (Phi) is 3.77. The van der Waals surface area contributed by atoms with Crippen molar-refractivity contribution in [3.63, 3.8) is 0 Å². The fraction of sp³-hybridized carbons (Fsp3) is 0.308. The van der Waals surface area contributed by atoms with E-state index in [-0.39, 0.29) is 6.04 Å². The van der Waals surface area contributed by atoms with E-state index in [0.29, 0.717) is 0 Å². The van der Waals surface area contributed by atoms with Crippen LogP contribution in [0.2, 0.25) is 0 Å². The van der Waals surface area contributed by atoms with Gasteiger partial charge in [-0.15, -0.1) is 0 Å². The highest BCUT2D eigenvalue weighted by Crippen LogP contribution is 2.23. The van der Waals surface area contributed by atoms with Gasteiger partial charge in [0.25, 0.3) is 0 Å². The first-order valence-corrected chi connectivity index (χ1v) is 5.63. The van der Waals surface area contributed by atoms with Crippen LogP contribution in [-0.4, -0.2) is 24.1 Å². The van der Waals surface area contributed by atoms with Crippen LogP contribution in [0.15, 0.2) is 36.7 Å². The lowest BCUT2D eigenvalue weighted by Crippen LogP contribution is -2.20. The van der Waals surface area contributed by atoms with E-state index in [1.807, 2.05) is 31.4 Å². The molecule has 4 nitrogen and oxygen atoms in total. The summed E-state index contributed by atoms with van der Waals surface area (Å²) in [4.78, 5) is 7.41. The third-order valence-electron chi connectivity index (χ3n) is 2.81. The first-order chi connectivity index (χ1) is 8.35. The predicted octanol–water partition coefficient (Wildman–Crippen LogP) is 1.92. The Morgan fingerprint density at radius 2 is 2.24 bits per heavy atom. The molecule has 0 aliphatic carbocycles. The number of para-hydroxylation sites is 1. The zero-order valence-electron chi connectivity index (χ0n) is 10.1. The number of nitrogens with zero attached hydrogens (tertiary/aromatic N) is 1. The van der Waals surface area contributed by atoms with Gasteiger partial charge >= 0.3 is 0 Å². The Hall–Kier alpha value is -1.81. The third-order valence-corrected chi connectivity index (χ3v) is 2.81. The van der Waals surface area contributed by atoms with E-state index < -0.39 is 0 Å². The Bertz CT molecular complexity index is 453. The maximum Gasteiger partial charge on any atom is 0.123 e. The van der Waals surface area contributed by atoms with Crippen LogP contribution < -0.4 is 10.1 Å². The molecule has 0 saturated carbocycles. The number of rotatable bonds is 5. The van der Waals surface area contributed by atoms with Crippen molar-refractivity contribution in [3.05, 3.63) is 48.0 Å². The standard InChI is InChI=1S/C13H17N3O/c1-14-11(13-15-7-8-16-13)9-10-5-3-4-6-12(10)17-2/h3-8,11,14H,9H2,1-2H3,(H,15,16). The molecule has 0 fully saturated rings. The summed E-state index contributed by atoms with van der Waals surface area (Å²) in [7, 11) is 3.63. The number of hydrogen-bond donors (Lipinski definition) is 2. The van der Waals surface area contributed by atoms with Crippen molar-refractivity contribution in [1.82, 2.24) is 15.3 Å². The average Bonchev–Trinajstić information content (AvgIpc) is 2.90. The van der Waals surface area contributed by atoms with E-state index in [9.17, 15) is 0 Å². The van der Waals surface area contributed by atoms with Crippen molar-refractivity contribution >= 4 is 0 Å². The van der Waals surface area contributed by atoms with E-state index in [1.54, 1.807) is 13.3 Å². The van der Waals surface area contributed by atoms with Gasteiger partial charge in [-0.05, 0) is 25.1 Å². The Labute approximate surface area is 101 Å². The second-order valence-corrected chi connectivity index (χ2v) is 3.83. The highest BCUT2D eigenvalue weighted by atomic mass is 16.5. The minimum absolute atomic E-state index is 0.168. The van der Waals surface area contributed by atoms with Crippen molar-refractivity contribution in [2.24, 2.45) is 0 Å². The van der Waals surface area contributed by atoms with E-state index in [1.165, 1.54) is 5.56 Å². The summed E-state index contributed by atoms with van der Waals surface area (Å²) >= 11 is 0. The highest BCUT2D eigenvalue weighted by Gasteiger charge is 2.14. The molecule has 17 heavy (non-hydrogen) atoms. The Morgan fingerprint density at radius 3 is 2.88 bits per heavy atom. The molecule has 0 amide bonds. The van der Waals surface area contributed by atoms with Gasteiger partial charge in [-0.1, -0.05) is 18.2 Å². The summed E-state index contributed by atoms with van der Waals surface area (Å²) in [5, 5.41) is 3.25. The molecule has 90 valence electrons. The maximum absolute atomic E-state index is 5.35. The highest BCUT2D eigenvalue weighted by molar-refractivity contribution is 5.34. The number of benzene rings is 1. The lowest BCUT2D eigenvalue weighted by Gasteiger charge is -2.15. The normalized spacial score (nSPS) is 12.4. The Balaban J connectivity index is 2.18. The van der Waals surface area contributed by atoms with Crippen LogP contribution in [0.5, 0.6) is 5.75 Å². The fourth-order valence-corrected chi connectivity index (χ4v) is 1.90. The van der Waals surface area contributed by atoms with Crippen LogP contribution in [0.1, 0.15) is 17.4 Å². The third kappa shape index (κ3) is 2.65. The second-order valence-electron chi connectivity index (χ2n) is 3.83. The minimum atomic E-state index is 0.168. The number of methoxy groups -OCH3 is 1. The first kappa shape index (κ1) is 11.7. The monoisotopic (exact) mass is 231 g/mol. The molecule has 2 aromatic rings. The molecule has 1 aromatic carbocycles. The number of ether oxygens (including phenoxy) is 1. The fourth-order valence-electron chi connectivity index (χ4n) is 1.90. The predicted molar refractivity (Wildman–Crippen MR) is 67.1 cm³/mol. The van der Waals surface area contributed by atoms with Crippen LogP contribution >= 0.6 is 0 Å². The molecular formula is C13H17N3O. The van der Waals surface area contributed by atoms with Gasteiger partial charge in [0, 0.05) is 12.4 Å². The number of aromatic nitrogens is 2. The second kappa shape index (κ2) is 5.50. The topological polar surface area (TPSA) is 49.9 Å². The number of likely N-dealkylation sites (N-methyl/N-ethyl adjacent to an activating group) is 1. The smallest absolute Gasteiger partial charge is 0.123 e. The summed E-state index contributed by atoms with van der Waals surface area (Å²) in [6, 6.07) is 8.22. The van der Waals surface area contributed by atoms with Crippen LogP contribution in [0.4, 0.5) is 0 Å². The van der Waals surface area contributed by atoms with Gasteiger partial charge in [-0.3, -0.25) is 0 Å². The van der Waals surface area contributed by atoms with Crippen molar-refractivity contribution in [1.29, 1.82) is 0 Å². The van der Waals surface area contributed by atoms with Gasteiger partial charge in [-0.25, -0.2) is 4.98 Å². The number of H-pyrrole nitrogens is 1. The molecule has 1 atom stereocenters. The zero-order chi connectivity index (χ0) is 12.1. The minimum Gasteiger partial charge on any atom is -0.496 e. The largest absolute Gasteiger partial charge is 0.496 e. The molecule has 0 aliphatic heterocycles. The SMILES string of the molecule is CNC(Cc1ccccc1OC)c1ncc[nH]1. The molecule has 4 heteroatoms. The molecule has 0 aliphatic rings. The number of aromatic amines is 1. The van der Waals surface area contributed by atoms with Gasteiger partial charge < -0.3 is 15.0 Å². The molecule has 0 spiro atoms. The summed E-state index contributed by atoms with van der Waals surface area (Å²) in [5.41, 5.74) is 1.17. The van der Waals surface area contributed by atoms with E-state index >= 15 is 0 Å². The van der Waals surface area contributed by atoms with Crippen LogP contribution in [0.3, 0.4) is 0 Å². The summed E-state index contributed by atoms with van der Waals surface area (Å²) in [6.07, 6.45) is 4.44. The number of imidazole rings is 1. The van der Waals surface area contributed by atoms with Crippen LogP contribution in [0.25, 0.3) is 0 Å². The van der Waals surface area contributed by atoms with Crippen molar-refractivity contribution in [2.45, 2.75) is 12.5 Å². The molecule has 0 bridgehead atoms. The number of hydrogen-bond acceptors (Lipinski definition) is 3. The molecular weight excluding hydrogens is 214 g/mol. The van der Waals surface area contributed by atoms with Crippen LogP contribution in [0, 0.1) is 0 Å². The molecule has 1 unspecified atom stereocenters. The summed E-state index contributed by atoms with van der Waals surface area (Å²) in [6.45, 7) is 0. The molecule has 0 radical (unpaired) electrons. The lowest BCUT2D eigenvalue weighted by molar-refractivity contribution is 0.406. The van der Waals surface area contributed by atoms with Crippen molar-refractivity contribution < 1.29 is 4.74 Å². The van der Waals surface area contributed by atoms with Crippen molar-refractivity contribution in [3.8, 4) is 5.75 Å². The van der Waals surface area contributed by atoms with E-state index in [2.05, 4.69) is 21.4 Å². The van der Waals surface area contributed by atoms with Gasteiger partial charge in [0.05, 0.1) is 13.2 Å². The molecule has 1 aromatic heterocycles. The Morgan fingerprint density at radius 1 is 1.41 bits per heavy atom. The number of nitrogens with one attached hydrogen (secondary N) is 2. The first-order valence-electron chi connectivity index (χ1n) is 5.63. The van der Waals surface area contributed by atoms with E-state index in [0.717, 1.165) is 18.0 Å². The van der Waals surface area contributed by atoms with E-state index in [4.69, 9.17) is 4.74 Å². The molecule has 0 saturated heterocycles. The van der Waals surface area contributed by atoms with Gasteiger partial charge in [0.2, 0.25) is 0 Å². The maximum atomic E-state index is 5.35. The summed E-state index contributed by atoms with van der Waals surface area (Å²) < 4.78 is 5.35. The molecule has 2 N–H and O–H groups in total. The summed E-state index contributed by atoms with van der Waals surface area (Å²) in [5.74, 6) is 1.86. The zero-order valence-corrected chi connectivity index (χ0v) is 10.1.